The highest BCUT2D eigenvalue weighted by Gasteiger charge is 2.18. The maximum absolute atomic E-state index is 13.3. The summed E-state index contributed by atoms with van der Waals surface area (Å²) >= 11 is 0. The summed E-state index contributed by atoms with van der Waals surface area (Å²) in [7, 11) is 0. The topological polar surface area (TPSA) is 31.4 Å². The summed E-state index contributed by atoms with van der Waals surface area (Å²) in [5.41, 5.74) is 1.74. The van der Waals surface area contributed by atoms with Crippen molar-refractivity contribution in [2.24, 2.45) is 5.92 Å². The molecule has 0 unspecified atom stereocenters. The van der Waals surface area contributed by atoms with E-state index >= 15 is 0 Å². The van der Waals surface area contributed by atoms with Gasteiger partial charge in [0.15, 0.2) is 11.6 Å². The van der Waals surface area contributed by atoms with E-state index in [-0.39, 0.29) is 5.92 Å². The summed E-state index contributed by atoms with van der Waals surface area (Å²) in [6, 6.07) is 7.16. The van der Waals surface area contributed by atoms with Gasteiger partial charge in [-0.1, -0.05) is 18.1 Å². The number of hydrogen-bond donors (Lipinski definition) is 0. The third-order valence-electron chi connectivity index (χ3n) is 3.70. The van der Waals surface area contributed by atoms with Gasteiger partial charge >= 0.3 is 0 Å². The minimum Gasteiger partial charge on any atom is -0.341 e. The average Bonchev–Trinajstić information content (AvgIpc) is 2.64. The van der Waals surface area contributed by atoms with E-state index in [9.17, 15) is 8.78 Å². The highest BCUT2D eigenvalue weighted by Crippen LogP contribution is 2.19. The Hall–Kier alpha value is -2.55. The van der Waals surface area contributed by atoms with E-state index in [4.69, 9.17) is 9.47 Å². The first-order chi connectivity index (χ1) is 12.2. The fourth-order valence-corrected chi connectivity index (χ4v) is 2.42. The molecule has 0 amide bonds. The van der Waals surface area contributed by atoms with Gasteiger partial charge in [-0.3, -0.25) is 4.98 Å². The van der Waals surface area contributed by atoms with Crippen LogP contribution in [0.3, 0.4) is 0 Å². The molecule has 128 valence electrons. The van der Waals surface area contributed by atoms with Crippen molar-refractivity contribution in [3.05, 3.63) is 65.9 Å². The van der Waals surface area contributed by atoms with Crippen LogP contribution in [0, 0.1) is 29.4 Å². The van der Waals surface area contributed by atoms with Crippen LogP contribution >= 0.6 is 0 Å². The van der Waals surface area contributed by atoms with Gasteiger partial charge in [-0.2, -0.15) is 0 Å². The first-order valence-electron chi connectivity index (χ1n) is 7.95. The zero-order valence-electron chi connectivity index (χ0n) is 13.7. The smallest absolute Gasteiger partial charge is 0.222 e. The van der Waals surface area contributed by atoms with Crippen LogP contribution in [0.1, 0.15) is 12.5 Å². The molecule has 0 bridgehead atoms. The number of halogens is 2. The fraction of sp³-hybridized carbons (Fsp3) is 0.250. The van der Waals surface area contributed by atoms with Gasteiger partial charge in [0.05, 0.1) is 18.9 Å². The summed E-state index contributed by atoms with van der Waals surface area (Å²) < 4.78 is 37.3. The van der Waals surface area contributed by atoms with Gasteiger partial charge in [0.25, 0.3) is 0 Å². The van der Waals surface area contributed by atoms with E-state index in [0.717, 1.165) is 12.1 Å². The molecule has 0 atom stereocenters. The highest BCUT2D eigenvalue weighted by molar-refractivity contribution is 5.59. The number of benzene rings is 1. The molecule has 1 aromatic carbocycles. The van der Waals surface area contributed by atoms with Crippen LogP contribution in [-0.2, 0) is 9.47 Å². The van der Waals surface area contributed by atoms with Crippen LogP contribution in [0.5, 0.6) is 0 Å². The van der Waals surface area contributed by atoms with E-state index in [1.54, 1.807) is 18.3 Å². The molecule has 5 heteroatoms. The molecule has 0 spiro atoms. The lowest BCUT2D eigenvalue weighted by Crippen LogP contribution is -2.30. The maximum atomic E-state index is 13.3. The molecule has 2 aromatic rings. The Balaban J connectivity index is 1.65. The number of ether oxygens (including phenoxy) is 2. The van der Waals surface area contributed by atoms with Gasteiger partial charge in [0.2, 0.25) is 6.29 Å². The lowest BCUT2D eigenvalue weighted by atomic mass is 10.1. The summed E-state index contributed by atoms with van der Waals surface area (Å²) in [5, 5.41) is 0. The monoisotopic (exact) mass is 341 g/mol. The Labute approximate surface area is 145 Å². The SMILES string of the molecule is C/C=C/C1COC(C#Cc2ccc(-c3ccc(F)c(F)c3)nc2)OC1. The summed E-state index contributed by atoms with van der Waals surface area (Å²) in [4.78, 5) is 4.24. The maximum Gasteiger partial charge on any atom is 0.222 e. The van der Waals surface area contributed by atoms with Crippen molar-refractivity contribution in [2.75, 3.05) is 13.2 Å². The van der Waals surface area contributed by atoms with Crippen molar-refractivity contribution in [2.45, 2.75) is 13.2 Å². The van der Waals surface area contributed by atoms with Crippen molar-refractivity contribution in [1.29, 1.82) is 0 Å². The highest BCUT2D eigenvalue weighted by atomic mass is 19.2. The standard InChI is InChI=1S/C20H17F2NO2/c1-2-3-15-12-24-20(25-13-15)9-5-14-4-8-19(23-11-14)16-6-7-17(21)18(22)10-16/h2-4,6-8,10-11,15,20H,12-13H2,1H3/b3-2+. The van der Waals surface area contributed by atoms with Crippen LogP contribution in [0.4, 0.5) is 8.78 Å². The van der Waals surface area contributed by atoms with Gasteiger partial charge < -0.3 is 9.47 Å². The van der Waals surface area contributed by atoms with Gasteiger partial charge in [0.1, 0.15) is 0 Å². The summed E-state index contributed by atoms with van der Waals surface area (Å²) in [6.45, 7) is 3.12. The second-order valence-corrected chi connectivity index (χ2v) is 5.61. The van der Waals surface area contributed by atoms with Crippen LogP contribution < -0.4 is 0 Å². The van der Waals surface area contributed by atoms with Gasteiger partial charge in [-0.25, -0.2) is 8.78 Å². The minimum absolute atomic E-state index is 0.264. The Bertz CT molecular complexity index is 814. The predicted molar refractivity (Wildman–Crippen MR) is 90.5 cm³/mol. The molecule has 25 heavy (non-hydrogen) atoms. The van der Waals surface area contributed by atoms with Crippen LogP contribution in [0.25, 0.3) is 11.3 Å². The molecule has 1 aliphatic rings. The van der Waals surface area contributed by atoms with E-state index in [0.29, 0.717) is 30.0 Å². The molecule has 1 aliphatic heterocycles. The number of allylic oxidation sites excluding steroid dienone is 1. The van der Waals surface area contributed by atoms with Crippen molar-refractivity contribution in [1.82, 2.24) is 4.98 Å². The number of aromatic nitrogens is 1. The quantitative estimate of drug-likeness (QED) is 0.612. The zero-order chi connectivity index (χ0) is 17.6. The van der Waals surface area contributed by atoms with Crippen molar-refractivity contribution in [3.63, 3.8) is 0 Å². The molecule has 1 aromatic heterocycles. The molecule has 3 nitrogen and oxygen atoms in total. The molecule has 0 saturated carbocycles. The molecular formula is C20H17F2NO2. The van der Waals surface area contributed by atoms with Crippen molar-refractivity contribution < 1.29 is 18.3 Å². The second-order valence-electron chi connectivity index (χ2n) is 5.61. The largest absolute Gasteiger partial charge is 0.341 e. The van der Waals surface area contributed by atoms with E-state index < -0.39 is 17.9 Å². The van der Waals surface area contributed by atoms with E-state index in [1.165, 1.54) is 6.07 Å². The number of nitrogens with zero attached hydrogens (tertiary/aromatic N) is 1. The molecule has 2 heterocycles. The number of hydrogen-bond acceptors (Lipinski definition) is 3. The fourth-order valence-electron chi connectivity index (χ4n) is 2.42. The lowest BCUT2D eigenvalue weighted by Gasteiger charge is -2.24. The van der Waals surface area contributed by atoms with Crippen molar-refractivity contribution >= 4 is 0 Å². The van der Waals surface area contributed by atoms with Crippen LogP contribution in [-0.4, -0.2) is 24.5 Å². The first kappa shape index (κ1) is 17.3. The Kier molecular flexibility index (Phi) is 5.54. The molecular weight excluding hydrogens is 324 g/mol. The Morgan fingerprint density at radius 2 is 1.92 bits per heavy atom. The van der Waals surface area contributed by atoms with Gasteiger partial charge in [0, 0.05) is 23.2 Å². The number of pyridine rings is 1. The van der Waals surface area contributed by atoms with Crippen LogP contribution in [0.15, 0.2) is 48.7 Å². The minimum atomic E-state index is -0.897. The van der Waals surface area contributed by atoms with Gasteiger partial charge in [-0.15, -0.1) is 0 Å². The lowest BCUT2D eigenvalue weighted by molar-refractivity contribution is -0.160. The normalized spacial score (nSPS) is 20.3. The third kappa shape index (κ3) is 4.50. The van der Waals surface area contributed by atoms with Gasteiger partial charge in [-0.05, 0) is 43.2 Å². The molecule has 0 aliphatic carbocycles. The predicted octanol–water partition coefficient (Wildman–Crippen LogP) is 3.94. The summed E-state index contributed by atoms with van der Waals surface area (Å²) in [5.74, 6) is 4.34. The molecule has 1 fully saturated rings. The number of rotatable bonds is 2. The Morgan fingerprint density at radius 1 is 1.12 bits per heavy atom. The zero-order valence-corrected chi connectivity index (χ0v) is 13.7. The molecule has 0 N–H and O–H groups in total. The molecule has 3 rings (SSSR count). The first-order valence-corrected chi connectivity index (χ1v) is 7.95. The van der Waals surface area contributed by atoms with E-state index in [2.05, 4.69) is 16.8 Å². The van der Waals surface area contributed by atoms with Crippen LogP contribution in [0.2, 0.25) is 0 Å². The summed E-state index contributed by atoms with van der Waals surface area (Å²) in [6.07, 6.45) is 5.05. The second kappa shape index (κ2) is 8.02. The average molecular weight is 341 g/mol. The Morgan fingerprint density at radius 3 is 2.56 bits per heavy atom. The third-order valence-corrected chi connectivity index (χ3v) is 3.70. The molecule has 0 radical (unpaired) electrons. The van der Waals surface area contributed by atoms with E-state index in [1.807, 2.05) is 19.1 Å². The molecule has 1 saturated heterocycles. The van der Waals surface area contributed by atoms with Crippen molar-refractivity contribution in [3.8, 4) is 23.1 Å².